The molecular weight excluding hydrogens is 382 g/mol. The number of fused-ring (bicyclic) bond motifs is 1. The first-order chi connectivity index (χ1) is 14.0. The van der Waals surface area contributed by atoms with Gasteiger partial charge < -0.3 is 14.4 Å². The first-order valence-corrected chi connectivity index (χ1v) is 8.91. The van der Waals surface area contributed by atoms with Crippen molar-refractivity contribution in [2.24, 2.45) is 10.3 Å². The van der Waals surface area contributed by atoms with Crippen molar-refractivity contribution in [1.29, 1.82) is 0 Å². The lowest BCUT2D eigenvalue weighted by Crippen LogP contribution is -2.20. The number of carbonyl (C=O) groups excluding carboxylic acids is 1. The molecule has 6 nitrogen and oxygen atoms in total. The van der Waals surface area contributed by atoms with Crippen molar-refractivity contribution in [3.63, 3.8) is 0 Å². The number of aryl methyl sites for hydroxylation is 1. The van der Waals surface area contributed by atoms with Gasteiger partial charge in [0.25, 0.3) is 0 Å². The molecule has 0 aromatic heterocycles. The van der Waals surface area contributed by atoms with E-state index in [0.29, 0.717) is 40.8 Å². The lowest BCUT2D eigenvalue weighted by atomic mass is 9.99. The molecule has 0 N–H and O–H groups in total. The van der Waals surface area contributed by atoms with Gasteiger partial charge in [-0.3, -0.25) is 0 Å². The van der Waals surface area contributed by atoms with Gasteiger partial charge in [-0.25, -0.2) is 13.6 Å². The van der Waals surface area contributed by atoms with E-state index >= 15 is 0 Å². The second-order valence-corrected chi connectivity index (χ2v) is 6.44. The normalized spacial score (nSPS) is 14.7. The fourth-order valence-corrected chi connectivity index (χ4v) is 3.26. The molecule has 0 aliphatic heterocycles. The van der Waals surface area contributed by atoms with Crippen LogP contribution in [0.15, 0.2) is 40.6 Å². The van der Waals surface area contributed by atoms with Crippen molar-refractivity contribution in [2.45, 2.75) is 26.4 Å². The highest BCUT2D eigenvalue weighted by Gasteiger charge is 2.24. The molecule has 2 aromatic rings. The van der Waals surface area contributed by atoms with Crippen LogP contribution in [-0.4, -0.2) is 31.6 Å². The Morgan fingerprint density at radius 3 is 2.69 bits per heavy atom. The van der Waals surface area contributed by atoms with Crippen LogP contribution in [0.25, 0.3) is 0 Å². The van der Waals surface area contributed by atoms with E-state index in [2.05, 4.69) is 10.3 Å². The second kappa shape index (κ2) is 8.81. The van der Waals surface area contributed by atoms with Crippen molar-refractivity contribution in [3.8, 4) is 0 Å². The van der Waals surface area contributed by atoms with E-state index in [1.54, 1.807) is 12.1 Å². The molecule has 0 heterocycles. The minimum absolute atomic E-state index is 0.000284. The van der Waals surface area contributed by atoms with Gasteiger partial charge in [-0.05, 0) is 37.0 Å². The number of nitrogens with zero attached hydrogens (tertiary/aromatic N) is 2. The molecule has 0 amide bonds. The highest BCUT2D eigenvalue weighted by molar-refractivity contribution is 6.43. The first kappa shape index (κ1) is 20.4. The third kappa shape index (κ3) is 4.26. The van der Waals surface area contributed by atoms with Gasteiger partial charge >= 0.3 is 5.97 Å². The quantitative estimate of drug-likeness (QED) is 0.420. The van der Waals surface area contributed by atoms with Crippen LogP contribution >= 0.6 is 0 Å². The average Bonchev–Trinajstić information content (AvgIpc) is 3.10. The minimum atomic E-state index is -0.657. The Morgan fingerprint density at radius 2 is 1.97 bits per heavy atom. The summed E-state index contributed by atoms with van der Waals surface area (Å²) in [5, 5.41) is 7.86. The molecule has 0 bridgehead atoms. The maximum absolute atomic E-state index is 13.9. The van der Waals surface area contributed by atoms with Crippen LogP contribution in [-0.2, 0) is 32.2 Å². The number of hydrogen-bond donors (Lipinski definition) is 0. The van der Waals surface area contributed by atoms with Gasteiger partial charge in [0, 0.05) is 22.8 Å². The van der Waals surface area contributed by atoms with Gasteiger partial charge in [0.2, 0.25) is 0 Å². The van der Waals surface area contributed by atoms with Crippen molar-refractivity contribution in [3.05, 3.63) is 69.8 Å². The van der Waals surface area contributed by atoms with Crippen molar-refractivity contribution >= 4 is 17.4 Å². The van der Waals surface area contributed by atoms with E-state index in [0.717, 1.165) is 11.6 Å². The van der Waals surface area contributed by atoms with E-state index in [9.17, 15) is 13.6 Å². The highest BCUT2D eigenvalue weighted by Crippen LogP contribution is 2.27. The molecule has 0 fully saturated rings. The third-order valence-electron chi connectivity index (χ3n) is 4.69. The summed E-state index contributed by atoms with van der Waals surface area (Å²) in [6.45, 7) is 1.88. The third-order valence-corrected chi connectivity index (χ3v) is 4.69. The van der Waals surface area contributed by atoms with Crippen LogP contribution in [0.4, 0.5) is 8.78 Å². The van der Waals surface area contributed by atoms with E-state index in [1.807, 2.05) is 13.0 Å². The molecular formula is C21H20F2N2O4. The molecule has 2 aromatic carbocycles. The van der Waals surface area contributed by atoms with Gasteiger partial charge in [0.05, 0.1) is 12.8 Å². The lowest BCUT2D eigenvalue weighted by molar-refractivity contribution is -0.132. The summed E-state index contributed by atoms with van der Waals surface area (Å²) in [6, 6.07) is 7.45. The molecule has 3 rings (SSSR count). The maximum atomic E-state index is 13.9. The molecule has 0 saturated heterocycles. The molecule has 29 heavy (non-hydrogen) atoms. The van der Waals surface area contributed by atoms with Gasteiger partial charge in [-0.1, -0.05) is 28.5 Å². The molecule has 152 valence electrons. The van der Waals surface area contributed by atoms with Crippen LogP contribution in [0.2, 0.25) is 0 Å². The van der Waals surface area contributed by atoms with Crippen molar-refractivity contribution in [1.82, 2.24) is 0 Å². The Morgan fingerprint density at radius 1 is 1.17 bits per heavy atom. The Hall–Kier alpha value is -3.29. The van der Waals surface area contributed by atoms with Crippen LogP contribution in [0.1, 0.15) is 34.2 Å². The molecule has 0 spiro atoms. The zero-order valence-electron chi connectivity index (χ0n) is 16.3. The predicted octanol–water partition coefficient (Wildman–Crippen LogP) is 3.66. The van der Waals surface area contributed by atoms with Gasteiger partial charge in [0.15, 0.2) is 5.71 Å². The SMILES string of the molecule is CO/N=C(/C(=O)OC)c1cccc(C)c1CO/N=C1\CCc2c(F)cc(F)cc21. The number of methoxy groups -OCH3 is 1. The van der Waals surface area contributed by atoms with Crippen molar-refractivity contribution < 1.29 is 28.0 Å². The van der Waals surface area contributed by atoms with Crippen LogP contribution in [0.3, 0.4) is 0 Å². The summed E-state index contributed by atoms with van der Waals surface area (Å²) in [5.41, 5.74) is 3.34. The summed E-state index contributed by atoms with van der Waals surface area (Å²) in [5.74, 6) is -1.89. The fourth-order valence-electron chi connectivity index (χ4n) is 3.26. The molecule has 1 aliphatic carbocycles. The van der Waals surface area contributed by atoms with E-state index in [1.165, 1.54) is 20.3 Å². The van der Waals surface area contributed by atoms with Crippen molar-refractivity contribution in [2.75, 3.05) is 14.2 Å². The van der Waals surface area contributed by atoms with Gasteiger partial charge in [0.1, 0.15) is 25.4 Å². The highest BCUT2D eigenvalue weighted by atomic mass is 19.1. The smallest absolute Gasteiger partial charge is 0.360 e. The standard InChI is InChI=1S/C21H20F2N2O4/c1-12-5-4-6-15(20(25-28-3)21(26)27-2)17(12)11-29-24-19-8-7-14-16(19)9-13(22)10-18(14)23/h4-6,9-10H,7-8,11H2,1-3H3/b24-19+,25-20+. The number of oxime groups is 2. The monoisotopic (exact) mass is 402 g/mol. The largest absolute Gasteiger partial charge is 0.464 e. The molecule has 0 atom stereocenters. The number of ether oxygens (including phenoxy) is 1. The number of rotatable bonds is 6. The minimum Gasteiger partial charge on any atom is -0.464 e. The Labute approximate surface area is 166 Å². The zero-order chi connectivity index (χ0) is 21.0. The van der Waals surface area contributed by atoms with E-state index in [-0.39, 0.29) is 12.3 Å². The number of halogens is 2. The number of carbonyl (C=O) groups is 1. The fraction of sp³-hybridized carbons (Fsp3) is 0.286. The van der Waals surface area contributed by atoms with Crippen LogP contribution in [0, 0.1) is 18.6 Å². The first-order valence-electron chi connectivity index (χ1n) is 8.91. The summed E-state index contributed by atoms with van der Waals surface area (Å²) in [7, 11) is 2.58. The van der Waals surface area contributed by atoms with E-state index < -0.39 is 17.6 Å². The zero-order valence-corrected chi connectivity index (χ0v) is 16.3. The average molecular weight is 402 g/mol. The summed E-state index contributed by atoms with van der Waals surface area (Å²) in [4.78, 5) is 22.3. The molecule has 0 radical (unpaired) electrons. The summed E-state index contributed by atoms with van der Waals surface area (Å²) < 4.78 is 32.2. The second-order valence-electron chi connectivity index (χ2n) is 6.44. The van der Waals surface area contributed by atoms with Crippen LogP contribution < -0.4 is 0 Å². The number of benzene rings is 2. The predicted molar refractivity (Wildman–Crippen MR) is 103 cm³/mol. The molecule has 0 unspecified atom stereocenters. The number of hydrogen-bond acceptors (Lipinski definition) is 6. The Balaban J connectivity index is 1.87. The Bertz CT molecular complexity index is 1000. The van der Waals surface area contributed by atoms with E-state index in [4.69, 9.17) is 14.4 Å². The Kier molecular flexibility index (Phi) is 6.21. The topological polar surface area (TPSA) is 69.5 Å². The molecule has 0 saturated carbocycles. The summed E-state index contributed by atoms with van der Waals surface area (Å²) in [6.07, 6.45) is 0.890. The maximum Gasteiger partial charge on any atom is 0.360 e. The van der Waals surface area contributed by atoms with Gasteiger partial charge in [-0.2, -0.15) is 0 Å². The van der Waals surface area contributed by atoms with Crippen LogP contribution in [0.5, 0.6) is 0 Å². The van der Waals surface area contributed by atoms with Gasteiger partial charge in [-0.15, -0.1) is 0 Å². The summed E-state index contributed by atoms with van der Waals surface area (Å²) >= 11 is 0. The lowest BCUT2D eigenvalue weighted by Gasteiger charge is -2.12. The molecule has 1 aliphatic rings. The molecule has 8 heteroatoms. The number of esters is 1.